The Labute approximate surface area is 217 Å². The number of rotatable bonds is 8. The fourth-order valence-corrected chi connectivity index (χ4v) is 2.74. The highest BCUT2D eigenvalue weighted by atomic mass is 32.1. The van der Waals surface area contributed by atoms with Crippen LogP contribution in [0.4, 0.5) is 26.3 Å². The number of amides is 1. The summed E-state index contributed by atoms with van der Waals surface area (Å²) in [5, 5.41) is 18.2. The van der Waals surface area contributed by atoms with Gasteiger partial charge >= 0.3 is 12.4 Å². The van der Waals surface area contributed by atoms with Crippen LogP contribution in [0.2, 0.25) is 0 Å². The van der Waals surface area contributed by atoms with Gasteiger partial charge in [-0.15, -0.1) is 45.7 Å². The van der Waals surface area contributed by atoms with Gasteiger partial charge in [0.1, 0.15) is 24.5 Å². The lowest BCUT2D eigenvalue weighted by Gasteiger charge is -2.11. The molecule has 198 valence electrons. The molecular weight excluding hydrogens is 544 g/mol. The lowest BCUT2D eigenvalue weighted by atomic mass is 9.99. The molecule has 0 spiro atoms. The summed E-state index contributed by atoms with van der Waals surface area (Å²) in [7, 11) is 0. The molecule has 2 aromatic carbocycles. The van der Waals surface area contributed by atoms with Crippen molar-refractivity contribution in [1.29, 1.82) is 0 Å². The fraction of sp³-hybridized carbons (Fsp3) is 0.190. The second-order valence-electron chi connectivity index (χ2n) is 6.99. The van der Waals surface area contributed by atoms with Crippen molar-refractivity contribution in [2.75, 3.05) is 13.1 Å². The zero-order chi connectivity index (χ0) is 27.6. The maximum atomic E-state index is 12.5. The van der Waals surface area contributed by atoms with Crippen LogP contribution in [0.15, 0.2) is 75.0 Å². The molecule has 16 heteroatoms. The summed E-state index contributed by atoms with van der Waals surface area (Å²) in [6.45, 7) is -2.84. The summed E-state index contributed by atoms with van der Waals surface area (Å²) >= 11 is 7.69. The highest BCUT2D eigenvalue weighted by Gasteiger charge is 2.27. The lowest BCUT2D eigenvalue weighted by molar-refractivity contribution is -0.122. The van der Waals surface area contributed by atoms with Gasteiger partial charge in [0.25, 0.3) is 0 Å². The Kier molecular flexibility index (Phi) is 10.5. The highest BCUT2D eigenvalue weighted by molar-refractivity contribution is 7.97. The Morgan fingerprint density at radius 3 is 1.43 bits per heavy atom. The van der Waals surface area contributed by atoms with Crippen molar-refractivity contribution >= 4 is 52.9 Å². The minimum atomic E-state index is -4.54. The van der Waals surface area contributed by atoms with Crippen molar-refractivity contribution in [1.82, 2.24) is 10.6 Å². The van der Waals surface area contributed by atoms with E-state index in [2.05, 4.69) is 45.7 Å². The van der Waals surface area contributed by atoms with E-state index in [4.69, 9.17) is 5.73 Å². The SMILES string of the molecule is NC(=O)c1ccc(C(=N\N=C(/S)NCC(F)(F)F)/C(=N/N=C(\S)NCC(F)(F)F)c2ccccc2)cc1. The molecule has 1 amide bonds. The molecule has 0 aromatic heterocycles. The monoisotopic (exact) mass is 563 g/mol. The Bertz CT molecular complexity index is 1190. The summed E-state index contributed by atoms with van der Waals surface area (Å²) < 4.78 is 75.0. The predicted molar refractivity (Wildman–Crippen MR) is 135 cm³/mol. The van der Waals surface area contributed by atoms with Gasteiger partial charge in [-0.05, 0) is 12.1 Å². The summed E-state index contributed by atoms with van der Waals surface area (Å²) in [4.78, 5) is 11.4. The third kappa shape index (κ3) is 10.9. The van der Waals surface area contributed by atoms with Gasteiger partial charge in [0.05, 0.1) is 0 Å². The Balaban J connectivity index is 2.61. The number of nitrogens with one attached hydrogen (secondary N) is 2. The summed E-state index contributed by atoms with van der Waals surface area (Å²) in [6, 6.07) is 13.7. The van der Waals surface area contributed by atoms with Crippen LogP contribution in [-0.4, -0.2) is 53.1 Å². The van der Waals surface area contributed by atoms with Crippen molar-refractivity contribution in [3.8, 4) is 0 Å². The van der Waals surface area contributed by atoms with Crippen molar-refractivity contribution in [3.63, 3.8) is 0 Å². The van der Waals surface area contributed by atoms with Crippen LogP contribution in [0.1, 0.15) is 21.5 Å². The van der Waals surface area contributed by atoms with E-state index in [1.807, 2.05) is 10.6 Å². The minimum absolute atomic E-state index is 0.0338. The van der Waals surface area contributed by atoms with Gasteiger partial charge in [-0.1, -0.05) is 42.5 Å². The largest absolute Gasteiger partial charge is 0.405 e. The smallest absolute Gasteiger partial charge is 0.366 e. The molecule has 2 aromatic rings. The molecule has 0 heterocycles. The number of hydrogen-bond acceptors (Lipinski definition) is 5. The molecule has 37 heavy (non-hydrogen) atoms. The molecule has 8 nitrogen and oxygen atoms in total. The van der Waals surface area contributed by atoms with Crippen LogP contribution >= 0.6 is 25.3 Å². The lowest BCUT2D eigenvalue weighted by Crippen LogP contribution is -2.31. The second-order valence-corrected chi connectivity index (χ2v) is 7.84. The number of benzene rings is 2. The van der Waals surface area contributed by atoms with E-state index in [1.54, 1.807) is 30.3 Å². The standard InChI is InChI=1S/C21H19F6N7OS2/c22-20(23,24)10-29-18(36)33-31-15(12-4-2-1-3-5-12)16(13-6-8-14(9-7-13)17(28)35)32-34-19(37)30-11-21(25,26)27/h1-9H,10-11H2,(H2,28,35)(H2,29,33,36)(H2,30,34,37)/b31-15+,32-16+. The zero-order valence-corrected chi connectivity index (χ0v) is 20.3. The summed E-state index contributed by atoms with van der Waals surface area (Å²) in [6.07, 6.45) is -9.08. The van der Waals surface area contributed by atoms with Gasteiger partial charge in [0.2, 0.25) is 5.91 Å². The minimum Gasteiger partial charge on any atom is -0.366 e. The van der Waals surface area contributed by atoms with Crippen LogP contribution in [0.3, 0.4) is 0 Å². The van der Waals surface area contributed by atoms with Crippen molar-refractivity contribution in [2.45, 2.75) is 12.4 Å². The number of halogens is 6. The second kappa shape index (κ2) is 13.1. The normalized spacial score (nSPS) is 13.9. The number of nitrogens with two attached hydrogens (primary N) is 1. The van der Waals surface area contributed by atoms with Crippen molar-refractivity contribution in [3.05, 3.63) is 71.3 Å². The quantitative estimate of drug-likeness (QED) is 0.111. The number of hydrogen-bond donors (Lipinski definition) is 5. The average Bonchev–Trinajstić information content (AvgIpc) is 2.83. The van der Waals surface area contributed by atoms with E-state index in [0.717, 1.165) is 0 Å². The zero-order valence-electron chi connectivity index (χ0n) is 18.5. The Hall–Kier alpha value is -3.53. The fourth-order valence-electron chi connectivity index (χ4n) is 2.50. The highest BCUT2D eigenvalue weighted by Crippen LogP contribution is 2.15. The Morgan fingerprint density at radius 1 is 0.676 bits per heavy atom. The summed E-state index contributed by atoms with van der Waals surface area (Å²) in [5.74, 6) is -0.714. The van der Waals surface area contributed by atoms with Crippen LogP contribution in [-0.2, 0) is 0 Å². The van der Waals surface area contributed by atoms with E-state index in [-0.39, 0.29) is 22.6 Å². The van der Waals surface area contributed by atoms with Gasteiger partial charge in [0, 0.05) is 16.7 Å². The van der Waals surface area contributed by atoms with Gasteiger partial charge in [-0.25, -0.2) is 0 Å². The molecule has 0 bridgehead atoms. The van der Waals surface area contributed by atoms with Crippen molar-refractivity contribution in [2.24, 2.45) is 26.1 Å². The molecule has 0 saturated carbocycles. The van der Waals surface area contributed by atoms with Crippen LogP contribution < -0.4 is 16.4 Å². The molecule has 0 saturated heterocycles. The Morgan fingerprint density at radius 2 is 1.05 bits per heavy atom. The van der Waals surface area contributed by atoms with Crippen molar-refractivity contribution < 1.29 is 31.1 Å². The third-order valence-electron chi connectivity index (χ3n) is 4.10. The van der Waals surface area contributed by atoms with Crippen LogP contribution in [0.5, 0.6) is 0 Å². The van der Waals surface area contributed by atoms with Gasteiger partial charge < -0.3 is 16.4 Å². The number of carbonyl (C=O) groups excluding carboxylic acids is 1. The van der Waals surface area contributed by atoms with E-state index in [9.17, 15) is 31.1 Å². The van der Waals surface area contributed by atoms with E-state index >= 15 is 0 Å². The molecule has 0 aliphatic rings. The number of primary amides is 1. The van der Waals surface area contributed by atoms with E-state index < -0.39 is 41.7 Å². The molecule has 2 rings (SSSR count). The number of amidine groups is 2. The molecule has 0 unspecified atom stereocenters. The van der Waals surface area contributed by atoms with E-state index in [0.29, 0.717) is 5.56 Å². The summed E-state index contributed by atoms with van der Waals surface area (Å²) in [5.41, 5.74) is 5.96. The molecule has 4 N–H and O–H groups in total. The molecule has 0 fully saturated rings. The third-order valence-corrected chi connectivity index (χ3v) is 4.59. The average molecular weight is 564 g/mol. The van der Waals surface area contributed by atoms with Gasteiger partial charge in [-0.3, -0.25) is 4.79 Å². The van der Waals surface area contributed by atoms with Gasteiger partial charge in [-0.2, -0.15) is 26.3 Å². The van der Waals surface area contributed by atoms with Crippen LogP contribution in [0.25, 0.3) is 0 Å². The molecular formula is C21H19F6N7OS2. The first-order valence-corrected chi connectivity index (χ1v) is 10.9. The first-order chi connectivity index (χ1) is 17.2. The predicted octanol–water partition coefficient (Wildman–Crippen LogP) is 3.77. The number of thiol groups is 2. The maximum Gasteiger partial charge on any atom is 0.405 e. The van der Waals surface area contributed by atoms with Gasteiger partial charge in [0.15, 0.2) is 10.3 Å². The first-order valence-electron chi connectivity index (χ1n) is 10.0. The topological polar surface area (TPSA) is 117 Å². The van der Waals surface area contributed by atoms with E-state index in [1.165, 1.54) is 24.3 Å². The van der Waals surface area contributed by atoms with Crippen LogP contribution in [0, 0.1) is 0 Å². The first kappa shape index (κ1) is 29.7. The number of alkyl halides is 6. The number of nitrogens with zero attached hydrogens (tertiary/aromatic N) is 4. The molecule has 0 aliphatic carbocycles. The maximum absolute atomic E-state index is 12.5. The molecule has 0 radical (unpaired) electrons. The molecule has 0 atom stereocenters. The number of carbonyl (C=O) groups is 1. The molecule has 0 aliphatic heterocycles.